The van der Waals surface area contributed by atoms with E-state index in [9.17, 15) is 14.7 Å². The first-order valence-corrected chi connectivity index (χ1v) is 9.11. The average molecular weight is 412 g/mol. The van der Waals surface area contributed by atoms with Gasteiger partial charge in [0.1, 0.15) is 0 Å². The van der Waals surface area contributed by atoms with Crippen LogP contribution in [-0.2, 0) is 4.79 Å². The zero-order valence-electron chi connectivity index (χ0n) is 16.7. The number of carbonyl (C=O) groups is 2. The monoisotopic (exact) mass is 412 g/mol. The number of fused-ring (bicyclic) bond motifs is 2. The molecular weight excluding hydrogens is 392 g/mol. The highest BCUT2D eigenvalue weighted by Crippen LogP contribution is 2.50. The summed E-state index contributed by atoms with van der Waals surface area (Å²) >= 11 is 0. The van der Waals surface area contributed by atoms with Gasteiger partial charge in [-0.25, -0.2) is 0 Å². The molecule has 8 nitrogen and oxygen atoms in total. The Morgan fingerprint density at radius 1 is 1.03 bits per heavy atom. The van der Waals surface area contributed by atoms with Gasteiger partial charge in [-0.15, -0.1) is 0 Å². The quantitative estimate of drug-likeness (QED) is 0.748. The van der Waals surface area contributed by atoms with Crippen LogP contribution in [-0.4, -0.2) is 45.0 Å². The van der Waals surface area contributed by atoms with Crippen LogP contribution >= 0.6 is 0 Å². The summed E-state index contributed by atoms with van der Waals surface area (Å²) in [6.07, 6.45) is 0. The lowest BCUT2D eigenvalue weighted by Gasteiger charge is -2.33. The summed E-state index contributed by atoms with van der Waals surface area (Å²) < 4.78 is 27.1. The third-order valence-corrected chi connectivity index (χ3v) is 5.44. The van der Waals surface area contributed by atoms with Gasteiger partial charge in [0.15, 0.2) is 28.8 Å². The minimum absolute atomic E-state index is 0.00684. The molecule has 1 heterocycles. The molecule has 2 atom stereocenters. The molecule has 4 rings (SSSR count). The molecule has 1 aliphatic heterocycles. The highest BCUT2D eigenvalue weighted by Gasteiger charge is 2.44. The zero-order chi connectivity index (χ0) is 21.6. The van der Waals surface area contributed by atoms with Crippen molar-refractivity contribution in [2.75, 3.05) is 28.1 Å². The Bertz CT molecular complexity index is 1050. The Morgan fingerprint density at radius 3 is 2.17 bits per heavy atom. The van der Waals surface area contributed by atoms with E-state index < -0.39 is 23.6 Å². The first-order chi connectivity index (χ1) is 14.4. The van der Waals surface area contributed by atoms with Gasteiger partial charge in [-0.05, 0) is 35.4 Å². The number of hydrogen-bond donors (Lipinski definition) is 1. The van der Waals surface area contributed by atoms with E-state index in [4.69, 9.17) is 23.7 Å². The van der Waals surface area contributed by atoms with Gasteiger partial charge in [-0.1, -0.05) is 6.58 Å². The molecule has 0 saturated carbocycles. The predicted molar refractivity (Wildman–Crippen MR) is 105 cm³/mol. The maximum absolute atomic E-state index is 12.9. The summed E-state index contributed by atoms with van der Waals surface area (Å²) in [5, 5.41) is 9.97. The van der Waals surface area contributed by atoms with E-state index in [0.717, 1.165) is 0 Å². The molecule has 156 valence electrons. The largest absolute Gasteiger partial charge is 0.493 e. The van der Waals surface area contributed by atoms with Gasteiger partial charge < -0.3 is 28.8 Å². The molecule has 0 amide bonds. The van der Waals surface area contributed by atoms with Crippen LogP contribution in [0.2, 0.25) is 0 Å². The minimum atomic E-state index is -1.17. The van der Waals surface area contributed by atoms with Gasteiger partial charge in [-0.2, -0.15) is 0 Å². The van der Waals surface area contributed by atoms with Gasteiger partial charge in [0.05, 0.1) is 27.2 Å². The Hall–Kier alpha value is -3.68. The van der Waals surface area contributed by atoms with Crippen LogP contribution in [0.5, 0.6) is 28.7 Å². The zero-order valence-corrected chi connectivity index (χ0v) is 16.7. The second-order valence-corrected chi connectivity index (χ2v) is 6.90. The van der Waals surface area contributed by atoms with Gasteiger partial charge in [0.2, 0.25) is 12.5 Å². The number of Topliss-reactive ketones (excluding diaryl/α,β-unsaturated/α-hetero) is 1. The first kappa shape index (κ1) is 19.6. The molecule has 0 unspecified atom stereocenters. The Labute approximate surface area is 172 Å². The number of methoxy groups -OCH3 is 3. The molecule has 2 aliphatic rings. The van der Waals surface area contributed by atoms with E-state index in [1.807, 2.05) is 0 Å². The van der Waals surface area contributed by atoms with Crippen LogP contribution in [0.25, 0.3) is 0 Å². The summed E-state index contributed by atoms with van der Waals surface area (Å²) in [7, 11) is 4.44. The maximum Gasteiger partial charge on any atom is 0.312 e. The third kappa shape index (κ3) is 2.83. The molecule has 2 aromatic rings. The Kier molecular flexibility index (Phi) is 4.77. The van der Waals surface area contributed by atoms with Crippen molar-refractivity contribution in [3.63, 3.8) is 0 Å². The van der Waals surface area contributed by atoms with E-state index in [0.29, 0.717) is 45.4 Å². The van der Waals surface area contributed by atoms with E-state index in [1.165, 1.54) is 21.3 Å². The number of benzene rings is 2. The van der Waals surface area contributed by atoms with Crippen molar-refractivity contribution in [2.24, 2.45) is 5.92 Å². The van der Waals surface area contributed by atoms with Gasteiger partial charge in [-0.3, -0.25) is 9.59 Å². The summed E-state index contributed by atoms with van der Waals surface area (Å²) in [6, 6.07) is 6.60. The molecule has 0 radical (unpaired) electrons. The van der Waals surface area contributed by atoms with Crippen molar-refractivity contribution in [1.82, 2.24) is 0 Å². The SMILES string of the molecule is C=C1C(=O)c2cc3c(cc2[C@@H](c2cc(OC)c(OC)c(OC)c2)[C@@H]1C(=O)O)OCO3. The average Bonchev–Trinajstić information content (AvgIpc) is 3.21. The van der Waals surface area contributed by atoms with Crippen molar-refractivity contribution in [3.05, 3.63) is 53.1 Å². The predicted octanol–water partition coefficient (Wildman–Crippen LogP) is 3.03. The summed E-state index contributed by atoms with van der Waals surface area (Å²) in [6.45, 7) is 3.83. The molecule has 0 fully saturated rings. The van der Waals surface area contributed by atoms with Crippen molar-refractivity contribution in [2.45, 2.75) is 5.92 Å². The topological polar surface area (TPSA) is 101 Å². The molecule has 2 aromatic carbocycles. The molecule has 30 heavy (non-hydrogen) atoms. The van der Waals surface area contributed by atoms with Crippen molar-refractivity contribution < 1.29 is 38.4 Å². The van der Waals surface area contributed by atoms with Crippen LogP contribution in [0, 0.1) is 5.92 Å². The number of ether oxygens (including phenoxy) is 5. The standard InChI is InChI=1S/C22H20O8/c1-10-18(22(24)25)19(11-5-16(26-2)21(28-4)17(6-11)27-3)12-7-14-15(30-9-29-14)8-13(12)20(10)23/h5-8,18-19H,1,9H2,2-4H3,(H,24,25)/t18-,19-/m1/s1. The number of ketones is 1. The highest BCUT2D eigenvalue weighted by atomic mass is 16.7. The molecular formula is C22H20O8. The number of rotatable bonds is 5. The lowest BCUT2D eigenvalue weighted by molar-refractivity contribution is -0.140. The van der Waals surface area contributed by atoms with Crippen LogP contribution in [0.15, 0.2) is 36.4 Å². The van der Waals surface area contributed by atoms with Crippen LogP contribution in [0.4, 0.5) is 0 Å². The molecule has 8 heteroatoms. The number of aliphatic carboxylic acids is 1. The normalized spacial score (nSPS) is 19.3. The first-order valence-electron chi connectivity index (χ1n) is 9.11. The number of carbonyl (C=O) groups excluding carboxylic acids is 1. The van der Waals surface area contributed by atoms with E-state index in [1.54, 1.807) is 24.3 Å². The van der Waals surface area contributed by atoms with Crippen molar-refractivity contribution >= 4 is 11.8 Å². The van der Waals surface area contributed by atoms with E-state index >= 15 is 0 Å². The molecule has 0 bridgehead atoms. The number of carboxylic acid groups (broad SMARTS) is 1. The molecule has 0 spiro atoms. The Morgan fingerprint density at radius 2 is 1.63 bits per heavy atom. The van der Waals surface area contributed by atoms with Gasteiger partial charge in [0.25, 0.3) is 0 Å². The fraction of sp³-hybridized carbons (Fsp3) is 0.273. The van der Waals surface area contributed by atoms with Crippen molar-refractivity contribution in [1.29, 1.82) is 0 Å². The number of carboxylic acids is 1. The van der Waals surface area contributed by atoms with Gasteiger partial charge >= 0.3 is 5.97 Å². The number of hydrogen-bond acceptors (Lipinski definition) is 7. The van der Waals surface area contributed by atoms with Crippen LogP contribution in [0.1, 0.15) is 27.4 Å². The lowest BCUT2D eigenvalue weighted by atomic mass is 9.69. The third-order valence-electron chi connectivity index (χ3n) is 5.44. The minimum Gasteiger partial charge on any atom is -0.493 e. The van der Waals surface area contributed by atoms with Gasteiger partial charge in [0, 0.05) is 17.1 Å². The second kappa shape index (κ2) is 7.29. The molecule has 0 aromatic heterocycles. The summed E-state index contributed by atoms with van der Waals surface area (Å²) in [4.78, 5) is 25.1. The molecule has 1 aliphatic carbocycles. The maximum atomic E-state index is 12.9. The lowest BCUT2D eigenvalue weighted by Crippen LogP contribution is -2.33. The molecule has 1 N–H and O–H groups in total. The fourth-order valence-electron chi connectivity index (χ4n) is 4.05. The van der Waals surface area contributed by atoms with E-state index in [-0.39, 0.29) is 12.4 Å². The summed E-state index contributed by atoms with van der Waals surface area (Å²) in [5.41, 5.74) is 1.41. The summed E-state index contributed by atoms with van der Waals surface area (Å²) in [5.74, 6) is -1.47. The van der Waals surface area contributed by atoms with Crippen molar-refractivity contribution in [3.8, 4) is 28.7 Å². The second-order valence-electron chi connectivity index (χ2n) is 6.90. The Balaban J connectivity index is 2.00. The highest BCUT2D eigenvalue weighted by molar-refractivity contribution is 6.14. The van der Waals surface area contributed by atoms with Crippen LogP contribution in [0.3, 0.4) is 0 Å². The fourth-order valence-corrected chi connectivity index (χ4v) is 4.05. The van der Waals surface area contributed by atoms with E-state index in [2.05, 4.69) is 6.58 Å². The molecule has 0 saturated heterocycles. The smallest absolute Gasteiger partial charge is 0.312 e. The van der Waals surface area contributed by atoms with Crippen LogP contribution < -0.4 is 23.7 Å².